The Kier molecular flexibility index (Phi) is 8.35. The van der Waals surface area contributed by atoms with Gasteiger partial charge in [0.1, 0.15) is 6.54 Å². The summed E-state index contributed by atoms with van der Waals surface area (Å²) in [5, 5.41) is 11.7. The van der Waals surface area contributed by atoms with E-state index in [4.69, 9.17) is 16.1 Å². The Morgan fingerprint density at radius 2 is 1.93 bits per heavy atom. The number of aliphatic imine (C=N–C) groups is 1. The van der Waals surface area contributed by atoms with Gasteiger partial charge in [-0.2, -0.15) is 4.98 Å². The molecule has 1 aromatic carbocycles. The van der Waals surface area contributed by atoms with Crippen molar-refractivity contribution in [1.29, 1.82) is 0 Å². The molecule has 30 heavy (non-hydrogen) atoms. The number of hydrogen-bond acceptors (Lipinski definition) is 5. The van der Waals surface area contributed by atoms with Crippen LogP contribution in [0.2, 0.25) is 5.02 Å². The van der Waals surface area contributed by atoms with E-state index >= 15 is 0 Å². The van der Waals surface area contributed by atoms with Crippen molar-refractivity contribution in [2.24, 2.45) is 4.99 Å². The van der Waals surface area contributed by atoms with E-state index in [-0.39, 0.29) is 24.0 Å². The van der Waals surface area contributed by atoms with Gasteiger partial charge in [0, 0.05) is 35.3 Å². The summed E-state index contributed by atoms with van der Waals surface area (Å²) in [5.41, 5.74) is 0.872. The third kappa shape index (κ3) is 5.64. The zero-order valence-electron chi connectivity index (χ0n) is 17.5. The van der Waals surface area contributed by atoms with E-state index in [1.54, 1.807) is 0 Å². The van der Waals surface area contributed by atoms with Gasteiger partial charge in [-0.1, -0.05) is 23.2 Å². The van der Waals surface area contributed by atoms with Crippen molar-refractivity contribution in [3.05, 3.63) is 35.2 Å². The molecule has 164 valence electrons. The van der Waals surface area contributed by atoms with Crippen LogP contribution in [0.4, 0.5) is 0 Å². The first-order valence-corrected chi connectivity index (χ1v) is 10.9. The quantitative estimate of drug-likeness (QED) is 0.336. The molecular weight excluding hydrogens is 515 g/mol. The van der Waals surface area contributed by atoms with Gasteiger partial charge in [-0.25, -0.2) is 4.99 Å². The van der Waals surface area contributed by atoms with Gasteiger partial charge in [0.05, 0.1) is 0 Å². The van der Waals surface area contributed by atoms with Gasteiger partial charge in [0.15, 0.2) is 5.96 Å². The summed E-state index contributed by atoms with van der Waals surface area (Å²) in [4.78, 5) is 11.7. The summed E-state index contributed by atoms with van der Waals surface area (Å²) in [5.74, 6) is 1.85. The van der Waals surface area contributed by atoms with Crippen molar-refractivity contribution in [3.63, 3.8) is 0 Å². The number of nitrogens with one attached hydrogen (secondary N) is 2. The van der Waals surface area contributed by atoms with Gasteiger partial charge in [-0.05, 0) is 63.9 Å². The van der Waals surface area contributed by atoms with Crippen LogP contribution in [0.25, 0.3) is 11.4 Å². The maximum Gasteiger partial charge on any atom is 0.248 e. The minimum Gasteiger partial charge on any atom is -0.357 e. The molecule has 2 unspecified atom stereocenters. The monoisotopic (exact) mass is 544 g/mol. The highest BCUT2D eigenvalue weighted by molar-refractivity contribution is 14.0. The summed E-state index contributed by atoms with van der Waals surface area (Å²) < 4.78 is 5.38. The number of guanidine groups is 1. The fourth-order valence-corrected chi connectivity index (χ4v) is 4.56. The molecule has 2 N–H and O–H groups in total. The van der Waals surface area contributed by atoms with Gasteiger partial charge in [0.25, 0.3) is 0 Å². The zero-order chi connectivity index (χ0) is 20.2. The molecule has 0 saturated carbocycles. The number of fused-ring (bicyclic) bond motifs is 2. The molecule has 7 nitrogen and oxygen atoms in total. The predicted molar refractivity (Wildman–Crippen MR) is 130 cm³/mol. The van der Waals surface area contributed by atoms with Crippen LogP contribution in [-0.2, 0) is 6.54 Å². The van der Waals surface area contributed by atoms with Crippen molar-refractivity contribution in [2.45, 2.75) is 63.7 Å². The number of rotatable bonds is 5. The van der Waals surface area contributed by atoms with Crippen molar-refractivity contribution in [2.75, 3.05) is 13.6 Å². The number of aromatic nitrogens is 2. The maximum absolute atomic E-state index is 5.94. The van der Waals surface area contributed by atoms with Gasteiger partial charge in [-0.15, -0.1) is 24.0 Å². The number of benzene rings is 1. The lowest BCUT2D eigenvalue weighted by Gasteiger charge is -2.47. The van der Waals surface area contributed by atoms with E-state index in [2.05, 4.69) is 44.6 Å². The second-order valence-corrected chi connectivity index (χ2v) is 8.37. The van der Waals surface area contributed by atoms with E-state index in [1.165, 1.54) is 32.1 Å². The Morgan fingerprint density at radius 3 is 2.60 bits per heavy atom. The molecular formula is C21H30ClIN6O. The van der Waals surface area contributed by atoms with Gasteiger partial charge >= 0.3 is 0 Å². The van der Waals surface area contributed by atoms with Crippen LogP contribution in [0.5, 0.6) is 0 Å². The lowest BCUT2D eigenvalue weighted by molar-refractivity contribution is 0.0526. The first-order chi connectivity index (χ1) is 14.1. The highest BCUT2D eigenvalue weighted by Gasteiger charge is 2.36. The molecule has 1 aromatic heterocycles. The third-order valence-corrected chi connectivity index (χ3v) is 6.22. The zero-order valence-corrected chi connectivity index (χ0v) is 20.6. The van der Waals surface area contributed by atoms with Crippen LogP contribution < -0.4 is 10.6 Å². The van der Waals surface area contributed by atoms with Gasteiger partial charge < -0.3 is 20.1 Å². The van der Waals surface area contributed by atoms with Gasteiger partial charge in [0.2, 0.25) is 11.7 Å². The molecule has 4 rings (SSSR count). The largest absolute Gasteiger partial charge is 0.357 e. The average molecular weight is 545 g/mol. The van der Waals surface area contributed by atoms with Crippen molar-refractivity contribution >= 4 is 41.5 Å². The minimum absolute atomic E-state index is 0. The highest BCUT2D eigenvalue weighted by atomic mass is 127. The Morgan fingerprint density at radius 1 is 1.23 bits per heavy atom. The molecule has 2 aliphatic rings. The van der Waals surface area contributed by atoms with E-state index < -0.39 is 0 Å². The molecule has 0 spiro atoms. The summed E-state index contributed by atoms with van der Waals surface area (Å²) in [6, 6.07) is 9.20. The Labute approximate surface area is 200 Å². The van der Waals surface area contributed by atoms with Crippen LogP contribution in [0.3, 0.4) is 0 Å². The first kappa shape index (κ1) is 23.3. The molecule has 2 atom stereocenters. The Hall–Kier alpha value is -1.39. The Balaban J connectivity index is 0.00000256. The van der Waals surface area contributed by atoms with Crippen LogP contribution in [0, 0.1) is 0 Å². The van der Waals surface area contributed by atoms with E-state index in [1.807, 2.05) is 24.3 Å². The summed E-state index contributed by atoms with van der Waals surface area (Å²) in [6.45, 7) is 3.23. The van der Waals surface area contributed by atoms with Crippen molar-refractivity contribution < 1.29 is 4.52 Å². The van der Waals surface area contributed by atoms with Crippen molar-refractivity contribution in [1.82, 2.24) is 25.7 Å². The standard InChI is InChI=1S/C21H29ClN6O.HI/c1-3-23-21(25-16-11-17-5-4-6-18(12-16)28(17)2)24-13-19-26-20(27-29-19)14-7-9-15(22)10-8-14;/h7-10,16-18H,3-6,11-13H2,1-2H3,(H2,23,24,25);1H. The molecule has 3 heterocycles. The lowest BCUT2D eigenvalue weighted by atomic mass is 9.82. The first-order valence-electron chi connectivity index (χ1n) is 10.5. The summed E-state index contributed by atoms with van der Waals surface area (Å²) >= 11 is 5.94. The summed E-state index contributed by atoms with van der Waals surface area (Å²) in [6.07, 6.45) is 6.29. The molecule has 0 amide bonds. The molecule has 2 fully saturated rings. The van der Waals surface area contributed by atoms with Gasteiger partial charge in [-0.3, -0.25) is 0 Å². The fourth-order valence-electron chi connectivity index (χ4n) is 4.43. The highest BCUT2D eigenvalue weighted by Crippen LogP contribution is 2.32. The normalized spacial score (nSPS) is 24.2. The topological polar surface area (TPSA) is 78.6 Å². The lowest BCUT2D eigenvalue weighted by Crippen LogP contribution is -2.56. The van der Waals surface area contributed by atoms with Crippen LogP contribution in [-0.4, -0.2) is 52.7 Å². The van der Waals surface area contributed by atoms with E-state index in [0.29, 0.717) is 41.4 Å². The average Bonchev–Trinajstić information content (AvgIpc) is 3.17. The number of halogens is 2. The molecule has 2 aliphatic heterocycles. The third-order valence-electron chi connectivity index (χ3n) is 5.97. The van der Waals surface area contributed by atoms with E-state index in [0.717, 1.165) is 18.1 Å². The molecule has 9 heteroatoms. The summed E-state index contributed by atoms with van der Waals surface area (Å²) in [7, 11) is 2.28. The number of hydrogen-bond donors (Lipinski definition) is 2. The fraction of sp³-hybridized carbons (Fsp3) is 0.571. The predicted octanol–water partition coefficient (Wildman–Crippen LogP) is 4.08. The number of nitrogens with zero attached hydrogens (tertiary/aromatic N) is 4. The van der Waals surface area contributed by atoms with Crippen LogP contribution in [0.15, 0.2) is 33.8 Å². The molecule has 2 aromatic rings. The maximum atomic E-state index is 5.94. The minimum atomic E-state index is 0. The molecule has 0 radical (unpaired) electrons. The second-order valence-electron chi connectivity index (χ2n) is 7.93. The number of piperidine rings is 2. The smallest absolute Gasteiger partial charge is 0.248 e. The molecule has 0 aliphatic carbocycles. The van der Waals surface area contributed by atoms with Crippen molar-refractivity contribution in [3.8, 4) is 11.4 Å². The van der Waals surface area contributed by atoms with E-state index in [9.17, 15) is 0 Å². The molecule has 2 bridgehead atoms. The SMILES string of the molecule is CCNC(=NCc1nc(-c2ccc(Cl)cc2)no1)NC1CC2CCCC(C1)N2C.I. The van der Waals surface area contributed by atoms with Crippen LogP contribution in [0.1, 0.15) is 44.9 Å². The second kappa shape index (κ2) is 10.8. The van der Waals surface area contributed by atoms with Crippen LogP contribution >= 0.6 is 35.6 Å². The Bertz CT molecular complexity index is 828. The molecule has 2 saturated heterocycles.